The van der Waals surface area contributed by atoms with Gasteiger partial charge in [-0.1, -0.05) is 0 Å². The van der Waals surface area contributed by atoms with Crippen molar-refractivity contribution in [3.05, 3.63) is 24.0 Å². The lowest BCUT2D eigenvalue weighted by Gasteiger charge is -2.12. The molecule has 0 fully saturated rings. The van der Waals surface area contributed by atoms with Gasteiger partial charge >= 0.3 is 0 Å². The number of nitrogens with two attached hydrogens (primary N) is 1. The zero-order valence-corrected chi connectivity index (χ0v) is 11.6. The minimum absolute atomic E-state index is 0.0149. The third-order valence-corrected chi connectivity index (χ3v) is 3.63. The average molecular weight is 288 g/mol. The summed E-state index contributed by atoms with van der Waals surface area (Å²) in [6.45, 7) is 2.14. The van der Waals surface area contributed by atoms with Crippen LogP contribution in [0.5, 0.6) is 0 Å². The van der Waals surface area contributed by atoms with E-state index in [0.717, 1.165) is 6.07 Å². The highest BCUT2D eigenvalue weighted by molar-refractivity contribution is 7.85. The van der Waals surface area contributed by atoms with Crippen LogP contribution in [0.1, 0.15) is 6.92 Å². The van der Waals surface area contributed by atoms with Gasteiger partial charge < -0.3 is 15.8 Å². The van der Waals surface area contributed by atoms with E-state index in [-0.39, 0.29) is 28.3 Å². The van der Waals surface area contributed by atoms with Crippen LogP contribution in [0.15, 0.2) is 23.1 Å². The van der Waals surface area contributed by atoms with E-state index < -0.39 is 16.6 Å². The first-order valence-electron chi connectivity index (χ1n) is 5.65. The first-order chi connectivity index (χ1) is 8.93. The molecule has 1 aromatic rings. The molecule has 0 bridgehead atoms. The van der Waals surface area contributed by atoms with Gasteiger partial charge in [0.2, 0.25) is 5.91 Å². The number of methoxy groups -OCH3 is 1. The molecule has 5 nitrogen and oxygen atoms in total. The van der Waals surface area contributed by atoms with Crippen LogP contribution in [0.3, 0.4) is 0 Å². The third-order valence-electron chi connectivity index (χ3n) is 2.32. The van der Waals surface area contributed by atoms with Gasteiger partial charge in [-0.2, -0.15) is 0 Å². The Morgan fingerprint density at radius 2 is 2.26 bits per heavy atom. The van der Waals surface area contributed by atoms with Gasteiger partial charge in [0.1, 0.15) is 11.6 Å². The Balaban J connectivity index is 2.59. The van der Waals surface area contributed by atoms with E-state index in [2.05, 4.69) is 5.32 Å². The quantitative estimate of drug-likeness (QED) is 0.754. The molecule has 0 heterocycles. The van der Waals surface area contributed by atoms with E-state index in [1.165, 1.54) is 19.2 Å². The monoisotopic (exact) mass is 288 g/mol. The van der Waals surface area contributed by atoms with Crippen molar-refractivity contribution in [2.24, 2.45) is 0 Å². The maximum Gasteiger partial charge on any atom is 0.233 e. The van der Waals surface area contributed by atoms with Crippen LogP contribution in [0.2, 0.25) is 0 Å². The molecule has 19 heavy (non-hydrogen) atoms. The van der Waals surface area contributed by atoms with Crippen molar-refractivity contribution in [2.75, 3.05) is 25.2 Å². The second-order valence-corrected chi connectivity index (χ2v) is 5.55. The van der Waals surface area contributed by atoms with E-state index in [9.17, 15) is 13.4 Å². The number of halogens is 1. The van der Waals surface area contributed by atoms with Crippen molar-refractivity contribution in [3.63, 3.8) is 0 Å². The topological polar surface area (TPSA) is 81.4 Å². The average Bonchev–Trinajstić information content (AvgIpc) is 2.32. The maximum absolute atomic E-state index is 13.2. The van der Waals surface area contributed by atoms with Gasteiger partial charge in [-0.3, -0.25) is 9.00 Å². The summed E-state index contributed by atoms with van der Waals surface area (Å²) in [5, 5.41) is 2.63. The Labute approximate surface area is 113 Å². The number of hydrogen-bond donors (Lipinski definition) is 2. The van der Waals surface area contributed by atoms with Crippen LogP contribution in [-0.4, -0.2) is 35.6 Å². The molecule has 106 valence electrons. The number of benzene rings is 1. The molecule has 0 spiro atoms. The van der Waals surface area contributed by atoms with Crippen molar-refractivity contribution in [1.82, 2.24) is 5.32 Å². The summed E-state index contributed by atoms with van der Waals surface area (Å²) in [6, 6.07) is 3.68. The SMILES string of the molecule is COCC(C)NC(=O)CS(=O)c1ccc(N)c(F)c1. The van der Waals surface area contributed by atoms with Crippen LogP contribution >= 0.6 is 0 Å². The zero-order valence-electron chi connectivity index (χ0n) is 10.8. The van der Waals surface area contributed by atoms with Gasteiger partial charge in [0.15, 0.2) is 0 Å². The number of ether oxygens (including phenoxy) is 1. The van der Waals surface area contributed by atoms with E-state index in [1.54, 1.807) is 6.92 Å². The van der Waals surface area contributed by atoms with Gasteiger partial charge in [0, 0.05) is 18.0 Å². The summed E-state index contributed by atoms with van der Waals surface area (Å²) in [6.07, 6.45) is 0. The molecule has 0 aliphatic heterocycles. The van der Waals surface area contributed by atoms with Crippen molar-refractivity contribution >= 4 is 22.4 Å². The highest BCUT2D eigenvalue weighted by Gasteiger charge is 2.13. The second-order valence-electron chi connectivity index (χ2n) is 4.10. The summed E-state index contributed by atoms with van der Waals surface area (Å²) in [5.74, 6) is -1.24. The molecule has 3 N–H and O–H groups in total. The number of carbonyl (C=O) groups is 1. The number of amides is 1. The van der Waals surface area contributed by atoms with Crippen molar-refractivity contribution in [1.29, 1.82) is 0 Å². The first-order valence-corrected chi connectivity index (χ1v) is 6.97. The molecule has 0 aliphatic carbocycles. The van der Waals surface area contributed by atoms with E-state index in [1.807, 2.05) is 0 Å². The molecule has 0 radical (unpaired) electrons. The van der Waals surface area contributed by atoms with Gasteiger partial charge in [-0.15, -0.1) is 0 Å². The molecule has 2 atom stereocenters. The molecule has 0 saturated carbocycles. The fourth-order valence-electron chi connectivity index (χ4n) is 1.46. The summed E-state index contributed by atoms with van der Waals surface area (Å²) in [7, 11) is -0.0751. The van der Waals surface area contributed by atoms with Crippen LogP contribution in [0, 0.1) is 5.82 Å². The molecule has 2 unspecified atom stereocenters. The summed E-state index contributed by atoms with van der Waals surface area (Å²) < 4.78 is 29.9. The Hall–Kier alpha value is -1.47. The third kappa shape index (κ3) is 4.96. The molecule has 0 aromatic heterocycles. The number of rotatable bonds is 6. The normalized spacial score (nSPS) is 13.8. The number of anilines is 1. The first kappa shape index (κ1) is 15.6. The van der Waals surface area contributed by atoms with E-state index >= 15 is 0 Å². The van der Waals surface area contributed by atoms with Crippen molar-refractivity contribution in [2.45, 2.75) is 17.9 Å². The molecular weight excluding hydrogens is 271 g/mol. The number of nitrogen functional groups attached to an aromatic ring is 1. The molecule has 0 aliphatic rings. The molecule has 1 aromatic carbocycles. The standard InChI is InChI=1S/C12H17FN2O3S/c1-8(6-18-2)15-12(16)7-19(17)9-3-4-11(14)10(13)5-9/h3-5,8H,6-7,14H2,1-2H3,(H,15,16). The van der Waals surface area contributed by atoms with Crippen LogP contribution < -0.4 is 11.1 Å². The van der Waals surface area contributed by atoms with Gasteiger partial charge in [-0.05, 0) is 25.1 Å². The molecular formula is C12H17FN2O3S. The van der Waals surface area contributed by atoms with Gasteiger partial charge in [0.25, 0.3) is 0 Å². The van der Waals surface area contributed by atoms with Crippen LogP contribution in [0.25, 0.3) is 0 Å². The predicted molar refractivity (Wildman–Crippen MR) is 71.6 cm³/mol. The van der Waals surface area contributed by atoms with Crippen LogP contribution in [0.4, 0.5) is 10.1 Å². The minimum atomic E-state index is -1.60. The fraction of sp³-hybridized carbons (Fsp3) is 0.417. The minimum Gasteiger partial charge on any atom is -0.396 e. The lowest BCUT2D eigenvalue weighted by Crippen LogP contribution is -2.38. The Kier molecular flexibility index (Phi) is 5.91. The van der Waals surface area contributed by atoms with Crippen molar-refractivity contribution < 1.29 is 18.1 Å². The smallest absolute Gasteiger partial charge is 0.233 e. The zero-order chi connectivity index (χ0) is 14.4. The lowest BCUT2D eigenvalue weighted by molar-refractivity contribution is -0.119. The summed E-state index contributed by atoms with van der Waals surface area (Å²) >= 11 is 0. The highest BCUT2D eigenvalue weighted by atomic mass is 32.2. The lowest BCUT2D eigenvalue weighted by atomic mass is 10.3. The Bertz CT molecular complexity index is 482. The van der Waals surface area contributed by atoms with E-state index in [4.69, 9.17) is 10.5 Å². The number of hydrogen-bond acceptors (Lipinski definition) is 4. The predicted octanol–water partition coefficient (Wildman–Crippen LogP) is 0.667. The van der Waals surface area contributed by atoms with Gasteiger partial charge in [-0.25, -0.2) is 4.39 Å². The van der Waals surface area contributed by atoms with Gasteiger partial charge in [0.05, 0.1) is 23.1 Å². The van der Waals surface area contributed by atoms with Crippen LogP contribution in [-0.2, 0) is 20.3 Å². The second kappa shape index (κ2) is 7.20. The summed E-state index contributed by atoms with van der Waals surface area (Å²) in [4.78, 5) is 11.8. The molecule has 7 heteroatoms. The fourth-order valence-corrected chi connectivity index (χ4v) is 2.40. The molecule has 1 amide bonds. The number of nitrogens with one attached hydrogen (secondary N) is 1. The highest BCUT2D eigenvalue weighted by Crippen LogP contribution is 2.15. The summed E-state index contributed by atoms with van der Waals surface area (Å²) in [5.41, 5.74) is 5.31. The molecule has 0 saturated heterocycles. The van der Waals surface area contributed by atoms with Crippen molar-refractivity contribution in [3.8, 4) is 0 Å². The molecule has 1 rings (SSSR count). The number of carbonyl (C=O) groups excluding carboxylic acids is 1. The largest absolute Gasteiger partial charge is 0.396 e. The maximum atomic E-state index is 13.2. The Morgan fingerprint density at radius 1 is 1.58 bits per heavy atom. The van der Waals surface area contributed by atoms with E-state index in [0.29, 0.717) is 6.61 Å². The Morgan fingerprint density at radius 3 is 2.84 bits per heavy atom.